The van der Waals surface area contributed by atoms with E-state index >= 15 is 0 Å². The first kappa shape index (κ1) is 14.4. The van der Waals surface area contributed by atoms with Crippen LogP contribution in [-0.4, -0.2) is 27.6 Å². The molecule has 0 unspecified atom stereocenters. The van der Waals surface area contributed by atoms with Crippen LogP contribution in [-0.2, 0) is 13.6 Å². The van der Waals surface area contributed by atoms with Gasteiger partial charge in [0.25, 0.3) is 5.91 Å². The first-order valence-electron chi connectivity index (χ1n) is 6.19. The quantitative estimate of drug-likeness (QED) is 0.943. The fourth-order valence-corrected chi connectivity index (χ4v) is 2.17. The van der Waals surface area contributed by atoms with Crippen molar-refractivity contribution >= 4 is 23.2 Å². The van der Waals surface area contributed by atoms with Crippen molar-refractivity contribution < 1.29 is 4.79 Å². The van der Waals surface area contributed by atoms with E-state index in [2.05, 4.69) is 5.10 Å². The monoisotopic (exact) mass is 292 g/mol. The van der Waals surface area contributed by atoms with Crippen molar-refractivity contribution in [2.24, 2.45) is 7.05 Å². The Morgan fingerprint density at radius 1 is 1.40 bits per heavy atom. The Morgan fingerprint density at radius 2 is 2.00 bits per heavy atom. The highest BCUT2D eigenvalue weighted by Crippen LogP contribution is 2.18. The summed E-state index contributed by atoms with van der Waals surface area (Å²) in [6, 6.07) is 7.39. The van der Waals surface area contributed by atoms with Gasteiger partial charge in [-0.15, -0.1) is 0 Å². The summed E-state index contributed by atoms with van der Waals surface area (Å²) in [7, 11) is 3.45. The van der Waals surface area contributed by atoms with Gasteiger partial charge in [0.05, 0.1) is 11.4 Å². The van der Waals surface area contributed by atoms with Crippen molar-refractivity contribution in [3.8, 4) is 0 Å². The van der Waals surface area contributed by atoms with Crippen LogP contribution in [0, 0.1) is 6.92 Å². The van der Waals surface area contributed by atoms with Gasteiger partial charge in [0, 0.05) is 25.7 Å². The van der Waals surface area contributed by atoms with Gasteiger partial charge in [-0.25, -0.2) is 0 Å². The fraction of sp³-hybridized carbons (Fsp3) is 0.286. The molecule has 2 aromatic rings. The molecule has 5 nitrogen and oxygen atoms in total. The Morgan fingerprint density at radius 3 is 2.50 bits per heavy atom. The zero-order valence-corrected chi connectivity index (χ0v) is 12.5. The van der Waals surface area contributed by atoms with Gasteiger partial charge in [-0.1, -0.05) is 23.7 Å². The van der Waals surface area contributed by atoms with E-state index in [1.165, 1.54) is 4.68 Å². The topological polar surface area (TPSA) is 64.2 Å². The number of carbonyl (C=O) groups is 1. The third-order valence-electron chi connectivity index (χ3n) is 3.15. The first-order chi connectivity index (χ1) is 9.40. The molecule has 0 saturated heterocycles. The molecule has 2 rings (SSSR count). The van der Waals surface area contributed by atoms with Crippen LogP contribution < -0.4 is 5.73 Å². The average molecular weight is 293 g/mol. The number of anilines is 1. The van der Waals surface area contributed by atoms with Crippen LogP contribution in [0.2, 0.25) is 5.02 Å². The van der Waals surface area contributed by atoms with Crippen molar-refractivity contribution in [3.63, 3.8) is 0 Å². The smallest absolute Gasteiger partial charge is 0.274 e. The van der Waals surface area contributed by atoms with Crippen LogP contribution >= 0.6 is 11.6 Å². The molecule has 0 aliphatic rings. The number of halogens is 1. The number of hydrogen-bond donors (Lipinski definition) is 1. The third kappa shape index (κ3) is 2.77. The van der Waals surface area contributed by atoms with Crippen molar-refractivity contribution in [2.75, 3.05) is 12.8 Å². The fourth-order valence-electron chi connectivity index (χ4n) is 2.04. The second-order valence-electron chi connectivity index (χ2n) is 4.76. The van der Waals surface area contributed by atoms with E-state index in [1.807, 2.05) is 12.1 Å². The third-order valence-corrected chi connectivity index (χ3v) is 3.40. The normalized spacial score (nSPS) is 10.6. The maximum absolute atomic E-state index is 12.4. The molecule has 0 fully saturated rings. The summed E-state index contributed by atoms with van der Waals surface area (Å²) in [5.41, 5.74) is 8.42. The SMILES string of the molecule is Cc1nn(C)c(C(=O)N(C)Cc2ccc(Cl)cc2)c1N. The zero-order chi connectivity index (χ0) is 14.9. The summed E-state index contributed by atoms with van der Waals surface area (Å²) in [5.74, 6) is -0.152. The Hall–Kier alpha value is -2.01. The summed E-state index contributed by atoms with van der Waals surface area (Å²) in [5, 5.41) is 4.83. The molecule has 1 amide bonds. The van der Waals surface area contributed by atoms with Crippen molar-refractivity contribution in [1.82, 2.24) is 14.7 Å². The molecular weight excluding hydrogens is 276 g/mol. The number of rotatable bonds is 3. The van der Waals surface area contributed by atoms with Crippen LogP contribution in [0.25, 0.3) is 0 Å². The molecule has 0 radical (unpaired) electrons. The number of amides is 1. The number of aryl methyl sites for hydroxylation is 2. The Balaban J connectivity index is 2.18. The molecule has 1 heterocycles. The standard InChI is InChI=1S/C14H17ClN4O/c1-9-12(16)13(19(3)17-9)14(20)18(2)8-10-4-6-11(15)7-5-10/h4-7H,8,16H2,1-3H3. The summed E-state index contributed by atoms with van der Waals surface area (Å²) in [6.45, 7) is 2.27. The van der Waals surface area contributed by atoms with Gasteiger partial charge >= 0.3 is 0 Å². The molecule has 1 aromatic carbocycles. The molecule has 2 N–H and O–H groups in total. The molecule has 20 heavy (non-hydrogen) atoms. The lowest BCUT2D eigenvalue weighted by atomic mass is 10.2. The maximum Gasteiger partial charge on any atom is 0.274 e. The average Bonchev–Trinajstić information content (AvgIpc) is 2.65. The molecule has 0 atom stereocenters. The minimum absolute atomic E-state index is 0.152. The number of benzene rings is 1. The van der Waals surface area contributed by atoms with E-state index in [0.717, 1.165) is 5.56 Å². The van der Waals surface area contributed by atoms with Crippen LogP contribution in [0.1, 0.15) is 21.7 Å². The van der Waals surface area contributed by atoms with Gasteiger partial charge in [0.1, 0.15) is 5.69 Å². The number of hydrogen-bond acceptors (Lipinski definition) is 3. The molecule has 0 aliphatic carbocycles. The number of nitrogens with zero attached hydrogens (tertiary/aromatic N) is 3. The summed E-state index contributed by atoms with van der Waals surface area (Å²) in [4.78, 5) is 14.0. The summed E-state index contributed by atoms with van der Waals surface area (Å²) in [6.07, 6.45) is 0. The highest BCUT2D eigenvalue weighted by molar-refractivity contribution is 6.30. The zero-order valence-electron chi connectivity index (χ0n) is 11.7. The van der Waals surface area contributed by atoms with Gasteiger partial charge in [-0.2, -0.15) is 5.10 Å². The minimum atomic E-state index is -0.152. The van der Waals surface area contributed by atoms with Crippen LogP contribution in [0.15, 0.2) is 24.3 Å². The van der Waals surface area contributed by atoms with Gasteiger partial charge in [0.2, 0.25) is 0 Å². The summed E-state index contributed by atoms with van der Waals surface area (Å²) >= 11 is 5.84. The van der Waals surface area contributed by atoms with Crippen LogP contribution in [0.5, 0.6) is 0 Å². The second-order valence-corrected chi connectivity index (χ2v) is 5.20. The van der Waals surface area contributed by atoms with Crippen molar-refractivity contribution in [3.05, 3.63) is 46.2 Å². The predicted octanol–water partition coefficient (Wildman–Crippen LogP) is 2.24. The predicted molar refractivity (Wildman–Crippen MR) is 79.6 cm³/mol. The molecule has 6 heteroatoms. The van der Waals surface area contributed by atoms with Crippen molar-refractivity contribution in [2.45, 2.75) is 13.5 Å². The maximum atomic E-state index is 12.4. The summed E-state index contributed by atoms with van der Waals surface area (Å²) < 4.78 is 1.52. The van der Waals surface area contributed by atoms with Gasteiger partial charge in [0.15, 0.2) is 0 Å². The number of carbonyl (C=O) groups excluding carboxylic acids is 1. The lowest BCUT2D eigenvalue weighted by Gasteiger charge is -2.17. The van der Waals surface area contributed by atoms with E-state index in [1.54, 1.807) is 38.1 Å². The lowest BCUT2D eigenvalue weighted by molar-refractivity contribution is 0.0775. The Labute approximate surface area is 122 Å². The number of aromatic nitrogens is 2. The molecule has 106 valence electrons. The Kier molecular flexibility index (Phi) is 3.99. The Bertz CT molecular complexity index is 633. The molecule has 1 aromatic heterocycles. The van der Waals surface area contributed by atoms with E-state index in [4.69, 9.17) is 17.3 Å². The molecule has 0 bridgehead atoms. The molecule has 0 spiro atoms. The van der Waals surface area contributed by atoms with E-state index in [0.29, 0.717) is 28.6 Å². The van der Waals surface area contributed by atoms with Crippen LogP contribution in [0.4, 0.5) is 5.69 Å². The van der Waals surface area contributed by atoms with Gasteiger partial charge in [-0.05, 0) is 24.6 Å². The molecular formula is C14H17ClN4O. The first-order valence-corrected chi connectivity index (χ1v) is 6.57. The van der Waals surface area contributed by atoms with Gasteiger partial charge < -0.3 is 10.6 Å². The molecule has 0 saturated carbocycles. The largest absolute Gasteiger partial charge is 0.395 e. The van der Waals surface area contributed by atoms with E-state index in [9.17, 15) is 4.79 Å². The minimum Gasteiger partial charge on any atom is -0.395 e. The van der Waals surface area contributed by atoms with E-state index in [-0.39, 0.29) is 5.91 Å². The number of nitrogens with two attached hydrogens (primary N) is 1. The van der Waals surface area contributed by atoms with Crippen LogP contribution in [0.3, 0.4) is 0 Å². The van der Waals surface area contributed by atoms with Crippen molar-refractivity contribution in [1.29, 1.82) is 0 Å². The van der Waals surface area contributed by atoms with Gasteiger partial charge in [-0.3, -0.25) is 9.48 Å². The van der Waals surface area contributed by atoms with E-state index < -0.39 is 0 Å². The molecule has 0 aliphatic heterocycles. The highest BCUT2D eigenvalue weighted by atomic mass is 35.5. The lowest BCUT2D eigenvalue weighted by Crippen LogP contribution is -2.28. The highest BCUT2D eigenvalue weighted by Gasteiger charge is 2.21. The number of nitrogen functional groups attached to an aromatic ring is 1. The second kappa shape index (κ2) is 5.54.